The van der Waals surface area contributed by atoms with E-state index in [4.69, 9.17) is 4.74 Å². The number of nitrogens with one attached hydrogen (secondary N) is 1. The topological polar surface area (TPSA) is 57.7 Å². The number of benzene rings is 1. The van der Waals surface area contributed by atoms with Gasteiger partial charge in [-0.1, -0.05) is 25.3 Å². The van der Waals surface area contributed by atoms with Crippen molar-refractivity contribution in [3.8, 4) is 0 Å². The molecule has 2 saturated heterocycles. The van der Waals surface area contributed by atoms with Crippen LogP contribution in [0, 0.1) is 5.92 Å². The maximum Gasteiger partial charge on any atom is 0.230 e. The zero-order chi connectivity index (χ0) is 20.1. The van der Waals surface area contributed by atoms with E-state index in [-0.39, 0.29) is 11.8 Å². The van der Waals surface area contributed by atoms with Gasteiger partial charge in [0, 0.05) is 29.9 Å². The highest BCUT2D eigenvalue weighted by Crippen LogP contribution is 2.41. The number of aromatic nitrogens is 1. The van der Waals surface area contributed by atoms with Crippen molar-refractivity contribution in [2.24, 2.45) is 5.92 Å². The first-order valence-corrected chi connectivity index (χ1v) is 11.3. The Morgan fingerprint density at radius 3 is 2.87 bits per heavy atom. The fourth-order valence-electron chi connectivity index (χ4n) is 5.57. The van der Waals surface area contributed by atoms with Crippen LogP contribution in [-0.2, 0) is 16.1 Å². The number of anilines is 4. The normalized spacial score (nSPS) is 25.5. The minimum atomic E-state index is 0.129. The van der Waals surface area contributed by atoms with E-state index in [0.717, 1.165) is 68.0 Å². The number of fused-ring (bicyclic) bond motifs is 4. The fraction of sp³-hybridized carbons (Fsp3) is 0.500. The molecule has 0 radical (unpaired) electrons. The van der Waals surface area contributed by atoms with Crippen LogP contribution in [0.2, 0.25) is 0 Å². The van der Waals surface area contributed by atoms with Gasteiger partial charge in [0.25, 0.3) is 0 Å². The molecule has 0 spiro atoms. The standard InChI is InChI=1S/C24H28N4O2/c29-24(16-5-2-1-3-6-16)28-13-17-7-4-10-25-23(17)26-21-9-8-18(12-22(21)28)27-14-20-11-19(27)15-30-20/h4,7-10,12,16,19-20H,1-3,5-6,11,13-15H2,(H,25,26). The van der Waals surface area contributed by atoms with Crippen molar-refractivity contribution in [1.82, 2.24) is 4.98 Å². The molecule has 2 aromatic rings. The van der Waals surface area contributed by atoms with E-state index >= 15 is 0 Å². The van der Waals surface area contributed by atoms with Gasteiger partial charge in [-0.25, -0.2) is 4.98 Å². The molecule has 6 nitrogen and oxygen atoms in total. The molecule has 3 fully saturated rings. The van der Waals surface area contributed by atoms with Gasteiger partial charge in [0.15, 0.2) is 0 Å². The van der Waals surface area contributed by atoms with Crippen molar-refractivity contribution < 1.29 is 9.53 Å². The summed E-state index contributed by atoms with van der Waals surface area (Å²) in [5.74, 6) is 1.24. The minimum absolute atomic E-state index is 0.129. The summed E-state index contributed by atoms with van der Waals surface area (Å²) in [6, 6.07) is 11.0. The Kier molecular flexibility index (Phi) is 4.41. The number of pyridine rings is 1. The second-order valence-electron chi connectivity index (χ2n) is 9.09. The highest BCUT2D eigenvalue weighted by molar-refractivity contribution is 6.00. The third-order valence-electron chi connectivity index (χ3n) is 7.20. The van der Waals surface area contributed by atoms with E-state index in [0.29, 0.717) is 18.7 Å². The number of rotatable bonds is 2. The zero-order valence-corrected chi connectivity index (χ0v) is 17.2. The van der Waals surface area contributed by atoms with Gasteiger partial charge in [0.05, 0.1) is 36.7 Å². The van der Waals surface area contributed by atoms with Gasteiger partial charge >= 0.3 is 0 Å². The van der Waals surface area contributed by atoms with Crippen molar-refractivity contribution in [1.29, 1.82) is 0 Å². The Labute approximate surface area is 177 Å². The molecule has 1 aromatic heterocycles. The largest absolute Gasteiger partial charge is 0.374 e. The van der Waals surface area contributed by atoms with Gasteiger partial charge in [0.2, 0.25) is 5.91 Å². The van der Waals surface area contributed by atoms with E-state index < -0.39 is 0 Å². The first kappa shape index (κ1) is 18.2. The molecule has 1 aliphatic carbocycles. The van der Waals surface area contributed by atoms with Gasteiger partial charge in [0.1, 0.15) is 5.82 Å². The summed E-state index contributed by atoms with van der Waals surface area (Å²) < 4.78 is 5.79. The molecule has 156 valence electrons. The highest BCUT2D eigenvalue weighted by Gasteiger charge is 2.39. The monoisotopic (exact) mass is 404 g/mol. The summed E-state index contributed by atoms with van der Waals surface area (Å²) in [6.07, 6.45) is 8.83. The first-order valence-electron chi connectivity index (χ1n) is 11.3. The van der Waals surface area contributed by atoms with Crippen LogP contribution in [0.5, 0.6) is 0 Å². The Morgan fingerprint density at radius 2 is 2.07 bits per heavy atom. The molecule has 1 N–H and O–H groups in total. The Balaban J connectivity index is 1.40. The van der Waals surface area contributed by atoms with Crippen molar-refractivity contribution in [3.05, 3.63) is 42.1 Å². The van der Waals surface area contributed by atoms with Gasteiger partial charge < -0.3 is 19.9 Å². The zero-order valence-electron chi connectivity index (χ0n) is 17.2. The average molecular weight is 405 g/mol. The number of hydrogen-bond donors (Lipinski definition) is 1. The van der Waals surface area contributed by atoms with Gasteiger partial charge in [-0.15, -0.1) is 0 Å². The maximum atomic E-state index is 13.7. The molecule has 2 unspecified atom stereocenters. The molecule has 4 aliphatic rings. The predicted molar refractivity (Wildman–Crippen MR) is 117 cm³/mol. The lowest BCUT2D eigenvalue weighted by molar-refractivity contribution is -0.123. The smallest absolute Gasteiger partial charge is 0.230 e. The molecule has 1 saturated carbocycles. The van der Waals surface area contributed by atoms with E-state index in [1.54, 1.807) is 6.20 Å². The van der Waals surface area contributed by atoms with Crippen molar-refractivity contribution >= 4 is 28.8 Å². The van der Waals surface area contributed by atoms with Crippen LogP contribution in [0.3, 0.4) is 0 Å². The summed E-state index contributed by atoms with van der Waals surface area (Å²) in [7, 11) is 0. The number of nitrogens with zero attached hydrogens (tertiary/aromatic N) is 3. The van der Waals surface area contributed by atoms with Crippen LogP contribution in [0.15, 0.2) is 36.5 Å². The molecular formula is C24H28N4O2. The number of morpholine rings is 1. The second-order valence-corrected chi connectivity index (χ2v) is 9.09. The molecular weight excluding hydrogens is 376 g/mol. The Morgan fingerprint density at radius 1 is 1.17 bits per heavy atom. The van der Waals surface area contributed by atoms with E-state index in [9.17, 15) is 4.79 Å². The summed E-state index contributed by atoms with van der Waals surface area (Å²) in [5, 5.41) is 3.49. The first-order chi connectivity index (χ1) is 14.8. The molecule has 1 aromatic carbocycles. The molecule has 2 bridgehead atoms. The summed E-state index contributed by atoms with van der Waals surface area (Å²) >= 11 is 0. The molecule has 6 heteroatoms. The number of carbonyl (C=O) groups excluding carboxylic acids is 1. The second kappa shape index (κ2) is 7.27. The lowest BCUT2D eigenvalue weighted by Gasteiger charge is -2.32. The molecule has 3 aliphatic heterocycles. The fourth-order valence-corrected chi connectivity index (χ4v) is 5.57. The van der Waals surface area contributed by atoms with Crippen LogP contribution >= 0.6 is 0 Å². The van der Waals surface area contributed by atoms with Crippen LogP contribution in [-0.4, -0.2) is 36.2 Å². The lowest BCUT2D eigenvalue weighted by Crippen LogP contribution is -2.38. The molecule has 4 heterocycles. The third kappa shape index (κ3) is 3.05. The quantitative estimate of drug-likeness (QED) is 0.812. The van der Waals surface area contributed by atoms with Crippen molar-refractivity contribution in [3.63, 3.8) is 0 Å². The van der Waals surface area contributed by atoms with Crippen molar-refractivity contribution in [2.45, 2.75) is 57.2 Å². The van der Waals surface area contributed by atoms with Gasteiger partial charge in [-0.05, 0) is 43.5 Å². The summed E-state index contributed by atoms with van der Waals surface area (Å²) in [6.45, 7) is 2.31. The number of carbonyl (C=O) groups is 1. The van der Waals surface area contributed by atoms with Crippen LogP contribution in [0.25, 0.3) is 0 Å². The average Bonchev–Trinajstić information content (AvgIpc) is 3.39. The highest BCUT2D eigenvalue weighted by atomic mass is 16.5. The Hall–Kier alpha value is -2.60. The lowest BCUT2D eigenvalue weighted by atomic mass is 9.88. The number of hydrogen-bond acceptors (Lipinski definition) is 5. The predicted octanol–water partition coefficient (Wildman–Crippen LogP) is 4.23. The number of amides is 1. The van der Waals surface area contributed by atoms with Crippen LogP contribution < -0.4 is 15.1 Å². The molecule has 1 amide bonds. The summed E-state index contributed by atoms with van der Waals surface area (Å²) in [5.41, 5.74) is 4.19. The maximum absolute atomic E-state index is 13.7. The van der Waals surface area contributed by atoms with E-state index in [1.807, 2.05) is 11.0 Å². The minimum Gasteiger partial charge on any atom is -0.374 e. The van der Waals surface area contributed by atoms with Gasteiger partial charge in [-0.3, -0.25) is 4.79 Å². The van der Waals surface area contributed by atoms with Crippen molar-refractivity contribution in [2.75, 3.05) is 28.3 Å². The van der Waals surface area contributed by atoms with E-state index in [2.05, 4.69) is 39.5 Å². The van der Waals surface area contributed by atoms with Gasteiger partial charge in [-0.2, -0.15) is 0 Å². The SMILES string of the molecule is O=C(C1CCCCC1)N1Cc2cccnc2Nc2ccc(N3CC4CC3CO4)cc21. The summed E-state index contributed by atoms with van der Waals surface area (Å²) in [4.78, 5) is 22.7. The van der Waals surface area contributed by atoms with Crippen LogP contribution in [0.1, 0.15) is 44.1 Å². The molecule has 30 heavy (non-hydrogen) atoms. The molecule has 6 rings (SSSR count). The third-order valence-corrected chi connectivity index (χ3v) is 7.20. The Bertz CT molecular complexity index is 971. The van der Waals surface area contributed by atoms with E-state index in [1.165, 1.54) is 12.1 Å². The van der Waals surface area contributed by atoms with Crippen LogP contribution in [0.4, 0.5) is 22.9 Å². The molecule has 2 atom stereocenters. The number of ether oxygens (including phenoxy) is 1.